The molecule has 14 heavy (non-hydrogen) atoms. The second-order valence-corrected chi connectivity index (χ2v) is 4.45. The first-order chi connectivity index (χ1) is 6.72. The summed E-state index contributed by atoms with van der Waals surface area (Å²) < 4.78 is 6.66. The molecule has 2 rings (SSSR count). The Balaban J connectivity index is 2.61. The highest BCUT2D eigenvalue weighted by atomic mass is 35.5. The van der Waals surface area contributed by atoms with Gasteiger partial charge in [0.15, 0.2) is 0 Å². The van der Waals surface area contributed by atoms with Gasteiger partial charge in [-0.15, -0.1) is 11.3 Å². The second kappa shape index (κ2) is 3.79. The minimum absolute atomic E-state index is 0.647. The fourth-order valence-corrected chi connectivity index (χ4v) is 2.67. The van der Waals surface area contributed by atoms with Crippen molar-refractivity contribution in [2.45, 2.75) is 13.8 Å². The van der Waals surface area contributed by atoms with Gasteiger partial charge in [-0.1, -0.05) is 11.6 Å². The van der Waals surface area contributed by atoms with Crippen LogP contribution in [0, 0.1) is 6.92 Å². The number of aryl methyl sites for hydroxylation is 1. The molecule has 0 fully saturated rings. The van der Waals surface area contributed by atoms with Crippen LogP contribution in [0.4, 0.5) is 0 Å². The molecule has 0 aliphatic heterocycles. The molecule has 0 atom stereocenters. The highest BCUT2D eigenvalue weighted by molar-refractivity contribution is 7.17. The number of fused-ring (bicyclic) bond motifs is 1. The number of benzene rings is 1. The molecular formula is C11H11ClOS. The molecule has 0 unspecified atom stereocenters. The Hall–Kier alpha value is -0.730. The quantitative estimate of drug-likeness (QED) is 0.744. The van der Waals surface area contributed by atoms with Crippen LogP contribution in [0.3, 0.4) is 0 Å². The Labute approximate surface area is 92.3 Å². The number of hydrogen-bond donors (Lipinski definition) is 0. The molecule has 0 saturated carbocycles. The van der Waals surface area contributed by atoms with Crippen LogP contribution in [-0.2, 0) is 0 Å². The van der Waals surface area contributed by atoms with Gasteiger partial charge in [-0.2, -0.15) is 0 Å². The molecule has 0 aliphatic carbocycles. The van der Waals surface area contributed by atoms with Gasteiger partial charge in [0.05, 0.1) is 11.6 Å². The molecule has 0 saturated heterocycles. The smallest absolute Gasteiger partial charge is 0.138 e. The summed E-state index contributed by atoms with van der Waals surface area (Å²) in [5, 5.41) is 4.07. The van der Waals surface area contributed by atoms with E-state index in [1.54, 1.807) is 11.3 Å². The van der Waals surface area contributed by atoms with E-state index in [1.165, 1.54) is 15.6 Å². The van der Waals surface area contributed by atoms with E-state index in [9.17, 15) is 0 Å². The Kier molecular flexibility index (Phi) is 2.66. The van der Waals surface area contributed by atoms with E-state index in [0.717, 1.165) is 5.75 Å². The Bertz CT molecular complexity index is 462. The van der Waals surface area contributed by atoms with Crippen molar-refractivity contribution >= 4 is 33.0 Å². The van der Waals surface area contributed by atoms with Crippen molar-refractivity contribution in [2.75, 3.05) is 6.61 Å². The zero-order chi connectivity index (χ0) is 10.1. The fourth-order valence-electron chi connectivity index (χ4n) is 1.42. The molecule has 0 spiro atoms. The van der Waals surface area contributed by atoms with Crippen LogP contribution >= 0.6 is 22.9 Å². The zero-order valence-corrected chi connectivity index (χ0v) is 9.71. The first kappa shape index (κ1) is 9.81. The summed E-state index contributed by atoms with van der Waals surface area (Å²) in [7, 11) is 0. The predicted molar refractivity (Wildman–Crippen MR) is 62.7 cm³/mol. The summed E-state index contributed by atoms with van der Waals surface area (Å²) in [6.45, 7) is 4.71. The number of rotatable bonds is 2. The lowest BCUT2D eigenvalue weighted by molar-refractivity contribution is 0.341. The third-order valence-electron chi connectivity index (χ3n) is 2.12. The van der Waals surface area contributed by atoms with E-state index in [-0.39, 0.29) is 0 Å². The van der Waals surface area contributed by atoms with Crippen LogP contribution in [0.15, 0.2) is 17.5 Å². The predicted octanol–water partition coefficient (Wildman–Crippen LogP) is 4.26. The standard InChI is InChI=1S/C11H11ClOS/c1-3-13-10-4-8-7(2)6-14-11(8)5-9(10)12/h4-6H,3H2,1-2H3. The van der Waals surface area contributed by atoms with E-state index < -0.39 is 0 Å². The van der Waals surface area contributed by atoms with Crippen LogP contribution in [0.25, 0.3) is 10.1 Å². The maximum Gasteiger partial charge on any atom is 0.138 e. The van der Waals surface area contributed by atoms with Gasteiger partial charge in [0, 0.05) is 4.70 Å². The minimum atomic E-state index is 0.647. The molecule has 0 aliphatic rings. The minimum Gasteiger partial charge on any atom is -0.492 e. The van der Waals surface area contributed by atoms with E-state index in [2.05, 4.69) is 12.3 Å². The molecule has 0 bridgehead atoms. The summed E-state index contributed by atoms with van der Waals surface area (Å²) in [6.07, 6.45) is 0. The molecule has 0 radical (unpaired) electrons. The van der Waals surface area contributed by atoms with Gasteiger partial charge < -0.3 is 4.74 Å². The maximum absolute atomic E-state index is 6.07. The first-order valence-corrected chi connectivity index (χ1v) is 5.78. The van der Waals surface area contributed by atoms with Crippen molar-refractivity contribution < 1.29 is 4.74 Å². The van der Waals surface area contributed by atoms with Crippen molar-refractivity contribution in [1.82, 2.24) is 0 Å². The first-order valence-electron chi connectivity index (χ1n) is 4.52. The highest BCUT2D eigenvalue weighted by Crippen LogP contribution is 2.34. The average Bonchev–Trinajstić information content (AvgIpc) is 2.49. The van der Waals surface area contributed by atoms with Crippen LogP contribution in [0.1, 0.15) is 12.5 Å². The average molecular weight is 227 g/mol. The molecule has 74 valence electrons. The van der Waals surface area contributed by atoms with Crippen molar-refractivity contribution in [3.05, 3.63) is 28.1 Å². The van der Waals surface area contributed by atoms with Gasteiger partial charge in [0.1, 0.15) is 5.75 Å². The van der Waals surface area contributed by atoms with E-state index in [4.69, 9.17) is 16.3 Å². The number of halogens is 1. The van der Waals surface area contributed by atoms with Crippen molar-refractivity contribution in [2.24, 2.45) is 0 Å². The van der Waals surface area contributed by atoms with Crippen molar-refractivity contribution in [1.29, 1.82) is 0 Å². The molecule has 0 N–H and O–H groups in total. The summed E-state index contributed by atoms with van der Waals surface area (Å²) >= 11 is 7.79. The number of hydrogen-bond acceptors (Lipinski definition) is 2. The van der Waals surface area contributed by atoms with Gasteiger partial charge >= 0.3 is 0 Å². The van der Waals surface area contributed by atoms with Crippen molar-refractivity contribution in [3.8, 4) is 5.75 Å². The van der Waals surface area contributed by atoms with E-state index in [1.807, 2.05) is 19.1 Å². The zero-order valence-electron chi connectivity index (χ0n) is 8.13. The maximum atomic E-state index is 6.07. The van der Waals surface area contributed by atoms with Gasteiger partial charge in [-0.05, 0) is 42.3 Å². The molecule has 1 heterocycles. The number of thiophene rings is 1. The molecule has 2 aromatic rings. The van der Waals surface area contributed by atoms with Gasteiger partial charge in [0.25, 0.3) is 0 Å². The van der Waals surface area contributed by atoms with Gasteiger partial charge in [-0.25, -0.2) is 0 Å². The highest BCUT2D eigenvalue weighted by Gasteiger charge is 2.06. The molecule has 0 amide bonds. The van der Waals surface area contributed by atoms with Gasteiger partial charge in [0.2, 0.25) is 0 Å². The molecule has 1 aromatic heterocycles. The van der Waals surface area contributed by atoms with Crippen LogP contribution in [0.5, 0.6) is 5.75 Å². The lowest BCUT2D eigenvalue weighted by atomic mass is 10.2. The summed E-state index contributed by atoms with van der Waals surface area (Å²) in [6, 6.07) is 3.99. The topological polar surface area (TPSA) is 9.23 Å². The number of ether oxygens (including phenoxy) is 1. The van der Waals surface area contributed by atoms with Crippen molar-refractivity contribution in [3.63, 3.8) is 0 Å². The van der Waals surface area contributed by atoms with Crippen LogP contribution < -0.4 is 4.74 Å². The molecule has 1 aromatic carbocycles. The van der Waals surface area contributed by atoms with E-state index in [0.29, 0.717) is 11.6 Å². The van der Waals surface area contributed by atoms with Crippen LogP contribution in [-0.4, -0.2) is 6.61 Å². The summed E-state index contributed by atoms with van der Waals surface area (Å²) in [5.74, 6) is 0.781. The van der Waals surface area contributed by atoms with Crippen LogP contribution in [0.2, 0.25) is 5.02 Å². The normalized spacial score (nSPS) is 10.8. The lowest BCUT2D eigenvalue weighted by Gasteiger charge is -2.05. The lowest BCUT2D eigenvalue weighted by Crippen LogP contribution is -1.91. The van der Waals surface area contributed by atoms with Gasteiger partial charge in [-0.3, -0.25) is 0 Å². The van der Waals surface area contributed by atoms with E-state index >= 15 is 0 Å². The SMILES string of the molecule is CCOc1cc2c(C)csc2cc1Cl. The Morgan fingerprint density at radius 3 is 2.93 bits per heavy atom. The molecular weight excluding hydrogens is 216 g/mol. The molecule has 1 nitrogen and oxygen atoms in total. The Morgan fingerprint density at radius 1 is 1.43 bits per heavy atom. The summed E-state index contributed by atoms with van der Waals surface area (Å²) in [5.41, 5.74) is 1.28. The summed E-state index contributed by atoms with van der Waals surface area (Å²) in [4.78, 5) is 0. The second-order valence-electron chi connectivity index (χ2n) is 3.13. The monoisotopic (exact) mass is 226 g/mol. The Morgan fingerprint density at radius 2 is 2.21 bits per heavy atom. The third kappa shape index (κ3) is 1.60. The fraction of sp³-hybridized carbons (Fsp3) is 0.273. The largest absolute Gasteiger partial charge is 0.492 e. The molecule has 3 heteroatoms. The third-order valence-corrected chi connectivity index (χ3v) is 3.48.